The summed E-state index contributed by atoms with van der Waals surface area (Å²) < 4.78 is 36.8. The number of aliphatic hydroxyl groups excluding tert-OH is 2. The number of halogens is 4. The van der Waals surface area contributed by atoms with Crippen LogP contribution in [0.2, 0.25) is 0 Å². The number of esters is 2. The van der Waals surface area contributed by atoms with E-state index in [0.29, 0.717) is 11.1 Å². The lowest BCUT2D eigenvalue weighted by Crippen LogP contribution is -2.47. The van der Waals surface area contributed by atoms with Crippen molar-refractivity contribution in [3.8, 4) is 0 Å². The van der Waals surface area contributed by atoms with Gasteiger partial charge in [-0.1, -0.05) is 83.9 Å². The third kappa shape index (κ3) is 12.8. The highest BCUT2D eigenvalue weighted by atomic mass is 79.9. The maximum absolute atomic E-state index is 14.6. The molecule has 4 N–H and O–H groups in total. The molecule has 0 aromatic carbocycles. The first kappa shape index (κ1) is 40.1. The zero-order chi connectivity index (χ0) is 33.1. The maximum Gasteiger partial charge on any atom is 0.322 e. The predicted octanol–water partition coefficient (Wildman–Crippen LogP) is 3.22. The van der Waals surface area contributed by atoms with Crippen LogP contribution in [0.15, 0.2) is 24.3 Å². The molecule has 2 amide bonds. The zero-order valence-electron chi connectivity index (χ0n) is 25.1. The molecule has 4 atom stereocenters. The van der Waals surface area contributed by atoms with Crippen molar-refractivity contribution >= 4 is 55.6 Å². The lowest BCUT2D eigenvalue weighted by atomic mass is 9.77. The summed E-state index contributed by atoms with van der Waals surface area (Å²) in [6, 6.07) is 0. The van der Waals surface area contributed by atoms with Gasteiger partial charge in [-0.2, -0.15) is 0 Å². The molecule has 0 rings (SSSR count). The largest absolute Gasteiger partial charge is 0.462 e. The van der Waals surface area contributed by atoms with Crippen LogP contribution in [0.1, 0.15) is 54.4 Å². The summed E-state index contributed by atoms with van der Waals surface area (Å²) in [4.78, 5) is 49.1. The van der Waals surface area contributed by atoms with Crippen molar-refractivity contribution in [2.24, 2.45) is 10.8 Å². The van der Waals surface area contributed by atoms with Gasteiger partial charge in [0, 0.05) is 13.1 Å². The predicted molar refractivity (Wildman–Crippen MR) is 162 cm³/mol. The van der Waals surface area contributed by atoms with Gasteiger partial charge in [0.2, 0.25) is 12.3 Å². The Morgan fingerprint density at radius 1 is 0.714 bits per heavy atom. The van der Waals surface area contributed by atoms with E-state index in [1.807, 2.05) is 0 Å². The highest BCUT2D eigenvalue weighted by Crippen LogP contribution is 2.40. The first-order valence-electron chi connectivity index (χ1n) is 13.2. The normalized spacial score (nSPS) is 16.2. The highest BCUT2D eigenvalue weighted by molar-refractivity contribution is 9.10. The van der Waals surface area contributed by atoms with Gasteiger partial charge in [0.15, 0.2) is 0 Å². The number of aliphatic hydroxyl groups is 2. The van der Waals surface area contributed by atoms with E-state index in [0.717, 1.165) is 0 Å². The minimum atomic E-state index is -2.80. The summed E-state index contributed by atoms with van der Waals surface area (Å²) in [5, 5.41) is 22.2. The third-order valence-electron chi connectivity index (χ3n) is 6.67. The molecule has 42 heavy (non-hydrogen) atoms. The molecule has 242 valence electrons. The molecule has 0 bridgehead atoms. The number of amides is 2. The number of ether oxygens (including phenoxy) is 2. The molecule has 0 spiro atoms. The van der Waals surface area contributed by atoms with Gasteiger partial charge in [-0.15, -0.1) is 0 Å². The Kier molecular flexibility index (Phi) is 16.1. The van der Waals surface area contributed by atoms with Crippen molar-refractivity contribution in [1.29, 1.82) is 0 Å². The molecule has 0 aliphatic rings. The summed E-state index contributed by atoms with van der Waals surface area (Å²) >= 11 is 6.62. The standard InChI is InChI=1S/C28H44Br2F2N2O8/c1-17(25(3,4)15-27(7,29)23(39)41-11-9-35)13-33-21(37)19(31)20(32)22(38)34-14-18(2)26(5,6)16-28(8,30)24(40)42-12-10-36/h19-20,35-36H,1-2,9-16H2,3-8H3,(H,33,37)(H,34,38). The first-order valence-corrected chi connectivity index (χ1v) is 14.8. The summed E-state index contributed by atoms with van der Waals surface area (Å²) in [5.41, 5.74) is -0.728. The van der Waals surface area contributed by atoms with E-state index in [-0.39, 0.29) is 52.4 Å². The molecule has 0 fully saturated rings. The Labute approximate surface area is 263 Å². The van der Waals surface area contributed by atoms with E-state index in [1.54, 1.807) is 41.5 Å². The molecule has 0 aliphatic heterocycles. The average Bonchev–Trinajstić information content (AvgIpc) is 2.88. The maximum atomic E-state index is 14.6. The molecule has 0 aromatic rings. The minimum Gasteiger partial charge on any atom is -0.462 e. The van der Waals surface area contributed by atoms with E-state index in [4.69, 9.17) is 19.7 Å². The number of carbonyl (C=O) groups excluding carboxylic acids is 4. The molecule has 0 aliphatic carbocycles. The Hall–Kier alpha value is -1.90. The van der Waals surface area contributed by atoms with Gasteiger partial charge in [-0.05, 0) is 37.5 Å². The van der Waals surface area contributed by atoms with E-state index >= 15 is 0 Å². The number of hydrogen-bond acceptors (Lipinski definition) is 8. The van der Waals surface area contributed by atoms with Crippen molar-refractivity contribution in [3.63, 3.8) is 0 Å². The number of rotatable bonds is 19. The SMILES string of the molecule is C=C(CNC(=O)C(F)C(F)C(=O)NCC(=C)C(C)(C)CC(C)(Br)C(=O)OCCO)C(C)(C)CC(C)(Br)C(=O)OCCO. The van der Waals surface area contributed by atoms with Crippen molar-refractivity contribution in [2.45, 2.75) is 75.4 Å². The molecular formula is C28H44Br2F2N2O8. The highest BCUT2D eigenvalue weighted by Gasteiger charge is 2.41. The Bertz CT molecular complexity index is 924. The summed E-state index contributed by atoms with van der Waals surface area (Å²) in [6.45, 7) is 16.4. The van der Waals surface area contributed by atoms with Crippen molar-refractivity contribution < 1.29 is 47.6 Å². The van der Waals surface area contributed by atoms with Gasteiger partial charge in [-0.25, -0.2) is 8.78 Å². The van der Waals surface area contributed by atoms with E-state index in [9.17, 15) is 28.0 Å². The van der Waals surface area contributed by atoms with Crippen LogP contribution in [0.25, 0.3) is 0 Å². The van der Waals surface area contributed by atoms with E-state index < -0.39 is 55.6 Å². The molecule has 0 radical (unpaired) electrons. The molecule has 14 heteroatoms. The fourth-order valence-corrected chi connectivity index (χ4v) is 5.59. The Balaban J connectivity index is 5.01. The minimum absolute atomic E-state index is 0.169. The monoisotopic (exact) mass is 732 g/mol. The second-order valence-corrected chi connectivity index (χ2v) is 15.2. The van der Waals surface area contributed by atoms with E-state index in [1.165, 1.54) is 0 Å². The number of carbonyl (C=O) groups is 4. The zero-order valence-corrected chi connectivity index (χ0v) is 28.3. The summed E-state index contributed by atoms with van der Waals surface area (Å²) in [7, 11) is 0. The van der Waals surface area contributed by atoms with Crippen LogP contribution in [0.3, 0.4) is 0 Å². The first-order chi connectivity index (χ1) is 19.1. The molecular weight excluding hydrogens is 690 g/mol. The van der Waals surface area contributed by atoms with Crippen LogP contribution in [0.4, 0.5) is 8.78 Å². The third-order valence-corrected chi connectivity index (χ3v) is 7.88. The molecule has 0 saturated carbocycles. The number of nitrogens with one attached hydrogen (secondary N) is 2. The Morgan fingerprint density at radius 2 is 1.00 bits per heavy atom. The van der Waals surface area contributed by atoms with Gasteiger partial charge in [0.25, 0.3) is 11.8 Å². The second-order valence-electron chi connectivity index (χ2n) is 11.7. The van der Waals surface area contributed by atoms with Crippen molar-refractivity contribution in [2.75, 3.05) is 39.5 Å². The second kappa shape index (κ2) is 16.8. The molecule has 0 heterocycles. The smallest absolute Gasteiger partial charge is 0.322 e. The van der Waals surface area contributed by atoms with Gasteiger partial charge in [0.05, 0.1) is 13.2 Å². The number of alkyl halides is 4. The lowest BCUT2D eigenvalue weighted by Gasteiger charge is -2.34. The number of hydrogen-bond donors (Lipinski definition) is 4. The van der Waals surface area contributed by atoms with Gasteiger partial charge in [-0.3, -0.25) is 19.2 Å². The van der Waals surface area contributed by atoms with Gasteiger partial charge < -0.3 is 30.3 Å². The van der Waals surface area contributed by atoms with Crippen LogP contribution in [-0.2, 0) is 28.7 Å². The molecule has 4 unspecified atom stereocenters. The van der Waals surface area contributed by atoms with E-state index in [2.05, 4.69) is 55.7 Å². The topological polar surface area (TPSA) is 151 Å². The van der Waals surface area contributed by atoms with Crippen LogP contribution in [0.5, 0.6) is 0 Å². The fourth-order valence-electron chi connectivity index (χ4n) is 3.96. The van der Waals surface area contributed by atoms with Crippen LogP contribution in [0, 0.1) is 10.8 Å². The van der Waals surface area contributed by atoms with Gasteiger partial charge >= 0.3 is 11.9 Å². The van der Waals surface area contributed by atoms with Crippen molar-refractivity contribution in [1.82, 2.24) is 10.6 Å². The molecule has 10 nitrogen and oxygen atoms in total. The molecule has 0 saturated heterocycles. The summed E-state index contributed by atoms with van der Waals surface area (Å²) in [5.74, 6) is -3.92. The van der Waals surface area contributed by atoms with Crippen LogP contribution >= 0.6 is 31.9 Å². The lowest BCUT2D eigenvalue weighted by molar-refractivity contribution is -0.148. The van der Waals surface area contributed by atoms with Gasteiger partial charge in [0.1, 0.15) is 21.9 Å². The van der Waals surface area contributed by atoms with Crippen LogP contribution < -0.4 is 10.6 Å². The van der Waals surface area contributed by atoms with Crippen LogP contribution in [-0.4, -0.2) is 94.5 Å². The molecule has 0 aromatic heterocycles. The fraction of sp³-hybridized carbons (Fsp3) is 0.714. The quantitative estimate of drug-likeness (QED) is 0.0898. The Morgan fingerprint density at radius 3 is 1.26 bits per heavy atom. The summed E-state index contributed by atoms with van der Waals surface area (Å²) in [6.07, 6.45) is -5.26. The average molecular weight is 734 g/mol. The van der Waals surface area contributed by atoms with Crippen molar-refractivity contribution in [3.05, 3.63) is 24.3 Å².